The smallest absolute Gasteiger partial charge is 0.264 e. The molecule has 0 spiro atoms. The average Bonchev–Trinajstić information content (AvgIpc) is 2.91. The zero-order valence-electron chi connectivity index (χ0n) is 11.4. The molecule has 0 bridgehead atoms. The second kappa shape index (κ2) is 4.61. The third-order valence-corrected chi connectivity index (χ3v) is 3.47. The number of benzene rings is 1. The Morgan fingerprint density at radius 2 is 2.15 bits per heavy atom. The molecule has 3 N–H and O–H groups in total. The van der Waals surface area contributed by atoms with Gasteiger partial charge in [-0.3, -0.25) is 14.5 Å². The van der Waals surface area contributed by atoms with Crippen LogP contribution in [0.15, 0.2) is 41.3 Å². The van der Waals surface area contributed by atoms with E-state index in [2.05, 4.69) is 10.2 Å². The molecular formula is C15H16N4O. The van der Waals surface area contributed by atoms with E-state index in [0.717, 1.165) is 16.6 Å². The van der Waals surface area contributed by atoms with Crippen LogP contribution in [0.3, 0.4) is 0 Å². The molecule has 3 rings (SSSR count). The number of nitrogens with zero attached hydrogens (tertiary/aromatic N) is 2. The number of hydrogen-bond donors (Lipinski definition) is 2. The third kappa shape index (κ3) is 1.83. The summed E-state index contributed by atoms with van der Waals surface area (Å²) in [6.45, 7) is 3.80. The highest BCUT2D eigenvalue weighted by atomic mass is 16.1. The fourth-order valence-electron chi connectivity index (χ4n) is 2.50. The maximum atomic E-state index is 12.8. The van der Waals surface area contributed by atoms with E-state index in [9.17, 15) is 4.79 Å². The lowest BCUT2D eigenvalue weighted by molar-refractivity contribution is 0.724. The maximum Gasteiger partial charge on any atom is 0.264 e. The molecule has 0 saturated carbocycles. The van der Waals surface area contributed by atoms with E-state index < -0.39 is 0 Å². The van der Waals surface area contributed by atoms with Crippen molar-refractivity contribution in [1.29, 1.82) is 0 Å². The van der Waals surface area contributed by atoms with Crippen molar-refractivity contribution < 1.29 is 0 Å². The molecule has 0 amide bonds. The molecule has 20 heavy (non-hydrogen) atoms. The van der Waals surface area contributed by atoms with Gasteiger partial charge in [-0.05, 0) is 30.9 Å². The highest BCUT2D eigenvalue weighted by Crippen LogP contribution is 2.20. The second-order valence-corrected chi connectivity index (χ2v) is 4.97. The molecule has 1 aromatic carbocycles. The number of pyridine rings is 1. The molecule has 5 nitrogen and oxygen atoms in total. The molecule has 0 radical (unpaired) electrons. The summed E-state index contributed by atoms with van der Waals surface area (Å²) in [6.07, 6.45) is 1.69. The average molecular weight is 268 g/mol. The van der Waals surface area contributed by atoms with E-state index >= 15 is 0 Å². The summed E-state index contributed by atoms with van der Waals surface area (Å²) in [6, 6.07) is 9.28. The Bertz CT molecular complexity index is 816. The molecule has 0 aliphatic carbocycles. The van der Waals surface area contributed by atoms with Crippen molar-refractivity contribution in [2.75, 3.05) is 0 Å². The van der Waals surface area contributed by atoms with Gasteiger partial charge in [-0.15, -0.1) is 0 Å². The number of H-pyrrole nitrogens is 1. The fourth-order valence-corrected chi connectivity index (χ4v) is 2.50. The van der Waals surface area contributed by atoms with Crippen LogP contribution in [0.2, 0.25) is 0 Å². The first-order chi connectivity index (χ1) is 9.59. The van der Waals surface area contributed by atoms with Gasteiger partial charge in [-0.25, -0.2) is 0 Å². The summed E-state index contributed by atoms with van der Waals surface area (Å²) in [4.78, 5) is 12.8. The van der Waals surface area contributed by atoms with Gasteiger partial charge in [-0.1, -0.05) is 18.2 Å². The molecule has 0 aliphatic rings. The number of aromatic nitrogens is 3. The SMILES string of the molecule is Cc1cccc2cc(C(C)N)n(-c3cc[nH]n3)c(=O)c12. The molecule has 3 aromatic rings. The van der Waals surface area contributed by atoms with Crippen molar-refractivity contribution in [3.05, 3.63) is 58.1 Å². The summed E-state index contributed by atoms with van der Waals surface area (Å²) >= 11 is 0. The van der Waals surface area contributed by atoms with Crippen LogP contribution in [-0.4, -0.2) is 14.8 Å². The van der Waals surface area contributed by atoms with Gasteiger partial charge in [0.15, 0.2) is 5.82 Å². The number of aromatic amines is 1. The zero-order valence-corrected chi connectivity index (χ0v) is 11.4. The van der Waals surface area contributed by atoms with E-state index in [1.807, 2.05) is 38.1 Å². The molecule has 1 unspecified atom stereocenters. The summed E-state index contributed by atoms with van der Waals surface area (Å²) in [5, 5.41) is 8.46. The van der Waals surface area contributed by atoms with Crippen LogP contribution >= 0.6 is 0 Å². The molecule has 5 heteroatoms. The Balaban J connectivity index is 2.48. The standard InChI is InChI=1S/C15H16N4O/c1-9-4-3-5-11-8-12(10(2)16)19(15(20)14(9)11)13-6-7-17-18-13/h3-8,10H,16H2,1-2H3,(H,17,18). The minimum atomic E-state index is -0.260. The second-order valence-electron chi connectivity index (χ2n) is 4.97. The van der Waals surface area contributed by atoms with Gasteiger partial charge in [0.25, 0.3) is 5.56 Å². The van der Waals surface area contributed by atoms with Crippen LogP contribution in [0.1, 0.15) is 24.2 Å². The Kier molecular flexibility index (Phi) is 2.91. The summed E-state index contributed by atoms with van der Waals surface area (Å²) in [7, 11) is 0. The van der Waals surface area contributed by atoms with Gasteiger partial charge >= 0.3 is 0 Å². The van der Waals surface area contributed by atoms with Gasteiger partial charge in [0.05, 0.1) is 5.39 Å². The van der Waals surface area contributed by atoms with E-state index in [4.69, 9.17) is 5.73 Å². The Morgan fingerprint density at radius 3 is 2.80 bits per heavy atom. The van der Waals surface area contributed by atoms with E-state index in [0.29, 0.717) is 11.2 Å². The number of hydrogen-bond acceptors (Lipinski definition) is 3. The van der Waals surface area contributed by atoms with Gasteiger partial charge in [-0.2, -0.15) is 5.10 Å². The first-order valence-corrected chi connectivity index (χ1v) is 6.50. The molecular weight excluding hydrogens is 252 g/mol. The zero-order chi connectivity index (χ0) is 14.3. The third-order valence-electron chi connectivity index (χ3n) is 3.47. The van der Waals surface area contributed by atoms with Crippen molar-refractivity contribution in [2.45, 2.75) is 19.9 Å². The van der Waals surface area contributed by atoms with Gasteiger partial charge in [0, 0.05) is 24.0 Å². The predicted molar refractivity (Wildman–Crippen MR) is 79.0 cm³/mol. The quantitative estimate of drug-likeness (QED) is 0.746. The Hall–Kier alpha value is -2.40. The van der Waals surface area contributed by atoms with Crippen molar-refractivity contribution >= 4 is 10.8 Å². The first kappa shape index (κ1) is 12.6. The predicted octanol–water partition coefficient (Wildman–Crippen LogP) is 2.04. The number of nitrogens with two attached hydrogens (primary N) is 1. The fraction of sp³-hybridized carbons (Fsp3) is 0.200. The Labute approximate surface area is 116 Å². The minimum absolute atomic E-state index is 0.0833. The summed E-state index contributed by atoms with van der Waals surface area (Å²) in [5.41, 5.74) is 7.64. The monoisotopic (exact) mass is 268 g/mol. The highest BCUT2D eigenvalue weighted by Gasteiger charge is 2.15. The normalized spacial score (nSPS) is 12.8. The number of nitrogens with one attached hydrogen (secondary N) is 1. The Morgan fingerprint density at radius 1 is 1.35 bits per heavy atom. The largest absolute Gasteiger partial charge is 0.323 e. The first-order valence-electron chi connectivity index (χ1n) is 6.50. The van der Waals surface area contributed by atoms with E-state index in [1.54, 1.807) is 16.8 Å². The van der Waals surface area contributed by atoms with E-state index in [1.165, 1.54) is 0 Å². The van der Waals surface area contributed by atoms with E-state index in [-0.39, 0.29) is 11.6 Å². The van der Waals surface area contributed by atoms with Crippen molar-refractivity contribution in [2.24, 2.45) is 5.73 Å². The molecule has 0 saturated heterocycles. The summed E-state index contributed by atoms with van der Waals surface area (Å²) in [5.74, 6) is 0.562. The number of fused-ring (bicyclic) bond motifs is 1. The lowest BCUT2D eigenvalue weighted by Crippen LogP contribution is -2.26. The summed E-state index contributed by atoms with van der Waals surface area (Å²) < 4.78 is 1.58. The van der Waals surface area contributed by atoms with Crippen LogP contribution in [0.4, 0.5) is 0 Å². The molecule has 102 valence electrons. The van der Waals surface area contributed by atoms with Crippen LogP contribution in [0.5, 0.6) is 0 Å². The van der Waals surface area contributed by atoms with Crippen molar-refractivity contribution in [3.8, 4) is 5.82 Å². The van der Waals surface area contributed by atoms with Crippen molar-refractivity contribution in [1.82, 2.24) is 14.8 Å². The molecule has 0 aliphatic heterocycles. The molecule has 0 fully saturated rings. The number of rotatable bonds is 2. The minimum Gasteiger partial charge on any atom is -0.323 e. The molecule has 2 heterocycles. The van der Waals surface area contributed by atoms with Gasteiger partial charge in [0.1, 0.15) is 0 Å². The number of aryl methyl sites for hydroxylation is 1. The molecule has 2 aromatic heterocycles. The lowest BCUT2D eigenvalue weighted by Gasteiger charge is -2.15. The highest BCUT2D eigenvalue weighted by molar-refractivity contribution is 5.85. The lowest BCUT2D eigenvalue weighted by atomic mass is 10.0. The topological polar surface area (TPSA) is 76.7 Å². The van der Waals surface area contributed by atoms with Crippen LogP contribution in [-0.2, 0) is 0 Å². The van der Waals surface area contributed by atoms with Crippen LogP contribution in [0, 0.1) is 6.92 Å². The van der Waals surface area contributed by atoms with Crippen LogP contribution < -0.4 is 11.3 Å². The van der Waals surface area contributed by atoms with Crippen molar-refractivity contribution in [3.63, 3.8) is 0 Å². The van der Waals surface area contributed by atoms with Gasteiger partial charge < -0.3 is 5.73 Å². The molecule has 1 atom stereocenters. The van der Waals surface area contributed by atoms with Gasteiger partial charge in [0.2, 0.25) is 0 Å². The maximum absolute atomic E-state index is 12.8. The van der Waals surface area contributed by atoms with Crippen LogP contribution in [0.25, 0.3) is 16.6 Å².